The molecular formula is C12H13FN2O2. The molecule has 0 saturated heterocycles. The second-order valence-corrected chi connectivity index (χ2v) is 3.74. The minimum absolute atomic E-state index is 0.0910. The van der Waals surface area contributed by atoms with Crippen LogP contribution in [0.15, 0.2) is 28.8 Å². The van der Waals surface area contributed by atoms with Crippen molar-refractivity contribution in [3.05, 3.63) is 35.9 Å². The second kappa shape index (κ2) is 5.05. The van der Waals surface area contributed by atoms with E-state index in [1.165, 1.54) is 6.07 Å². The van der Waals surface area contributed by atoms with E-state index in [1.807, 2.05) is 6.92 Å². The van der Waals surface area contributed by atoms with Gasteiger partial charge in [-0.1, -0.05) is 30.6 Å². The molecule has 17 heavy (non-hydrogen) atoms. The SMILES string of the molecule is CCCC(O)c1noc(-c2ccccc2F)n1. The highest BCUT2D eigenvalue weighted by Crippen LogP contribution is 2.23. The molecule has 1 aromatic heterocycles. The van der Waals surface area contributed by atoms with Crippen molar-refractivity contribution in [3.8, 4) is 11.5 Å². The van der Waals surface area contributed by atoms with Crippen LogP contribution < -0.4 is 0 Å². The maximum absolute atomic E-state index is 13.4. The Balaban J connectivity index is 2.27. The molecule has 4 nitrogen and oxygen atoms in total. The summed E-state index contributed by atoms with van der Waals surface area (Å²) in [5, 5.41) is 13.3. The van der Waals surface area contributed by atoms with Crippen molar-refractivity contribution in [1.82, 2.24) is 10.1 Å². The maximum atomic E-state index is 13.4. The minimum atomic E-state index is -0.760. The average Bonchev–Trinajstić information content (AvgIpc) is 2.79. The number of hydrogen-bond donors (Lipinski definition) is 1. The molecular weight excluding hydrogens is 223 g/mol. The number of benzene rings is 1. The van der Waals surface area contributed by atoms with Gasteiger partial charge in [-0.2, -0.15) is 4.98 Å². The number of aromatic nitrogens is 2. The first-order valence-corrected chi connectivity index (χ1v) is 5.49. The van der Waals surface area contributed by atoms with E-state index in [2.05, 4.69) is 10.1 Å². The lowest BCUT2D eigenvalue weighted by atomic mass is 10.2. The lowest BCUT2D eigenvalue weighted by molar-refractivity contribution is 0.153. The maximum Gasteiger partial charge on any atom is 0.260 e. The predicted molar refractivity (Wildman–Crippen MR) is 59.6 cm³/mol. The van der Waals surface area contributed by atoms with Crippen LogP contribution in [0.2, 0.25) is 0 Å². The van der Waals surface area contributed by atoms with E-state index < -0.39 is 11.9 Å². The average molecular weight is 236 g/mol. The van der Waals surface area contributed by atoms with E-state index in [-0.39, 0.29) is 17.3 Å². The van der Waals surface area contributed by atoms with Gasteiger partial charge in [0.15, 0.2) is 0 Å². The lowest BCUT2D eigenvalue weighted by Crippen LogP contribution is -1.98. The Morgan fingerprint density at radius 3 is 2.88 bits per heavy atom. The molecule has 0 fully saturated rings. The van der Waals surface area contributed by atoms with Gasteiger partial charge in [-0.25, -0.2) is 4.39 Å². The third-order valence-corrected chi connectivity index (χ3v) is 2.41. The molecule has 1 aromatic carbocycles. The largest absolute Gasteiger partial charge is 0.385 e. The van der Waals surface area contributed by atoms with Crippen LogP contribution >= 0.6 is 0 Å². The van der Waals surface area contributed by atoms with Gasteiger partial charge in [0.1, 0.15) is 11.9 Å². The Morgan fingerprint density at radius 1 is 1.41 bits per heavy atom. The van der Waals surface area contributed by atoms with Gasteiger partial charge in [0.05, 0.1) is 5.56 Å². The first-order chi connectivity index (χ1) is 8.22. The molecule has 1 heterocycles. The van der Waals surface area contributed by atoms with Crippen molar-refractivity contribution < 1.29 is 14.0 Å². The zero-order chi connectivity index (χ0) is 12.3. The molecule has 0 amide bonds. The summed E-state index contributed by atoms with van der Waals surface area (Å²) < 4.78 is 18.4. The van der Waals surface area contributed by atoms with Gasteiger partial charge in [0, 0.05) is 0 Å². The molecule has 1 atom stereocenters. The minimum Gasteiger partial charge on any atom is -0.385 e. The Morgan fingerprint density at radius 2 is 2.18 bits per heavy atom. The van der Waals surface area contributed by atoms with Gasteiger partial charge in [0.2, 0.25) is 5.82 Å². The van der Waals surface area contributed by atoms with Crippen LogP contribution in [0.1, 0.15) is 31.7 Å². The number of aliphatic hydroxyl groups is 1. The summed E-state index contributed by atoms with van der Waals surface area (Å²) in [5.74, 6) is -0.133. The standard InChI is InChI=1S/C12H13FN2O2/c1-2-5-10(16)11-14-12(17-15-11)8-6-3-4-7-9(8)13/h3-4,6-7,10,16H,2,5H2,1H3. The monoisotopic (exact) mass is 236 g/mol. The van der Waals surface area contributed by atoms with Crippen LogP contribution in [0.5, 0.6) is 0 Å². The van der Waals surface area contributed by atoms with Crippen molar-refractivity contribution in [1.29, 1.82) is 0 Å². The molecule has 0 aliphatic heterocycles. The quantitative estimate of drug-likeness (QED) is 0.886. The fourth-order valence-electron chi connectivity index (χ4n) is 1.52. The summed E-state index contributed by atoms with van der Waals surface area (Å²) in [6.45, 7) is 1.95. The Bertz CT molecular complexity index is 499. The van der Waals surface area contributed by atoms with Gasteiger partial charge in [-0.05, 0) is 18.6 Å². The van der Waals surface area contributed by atoms with E-state index in [9.17, 15) is 9.50 Å². The molecule has 2 aromatic rings. The molecule has 2 rings (SSSR count). The van der Waals surface area contributed by atoms with Crippen LogP contribution in [0, 0.1) is 5.82 Å². The molecule has 0 radical (unpaired) electrons. The van der Waals surface area contributed by atoms with Crippen molar-refractivity contribution in [3.63, 3.8) is 0 Å². The lowest BCUT2D eigenvalue weighted by Gasteiger charge is -2.01. The summed E-state index contributed by atoms with van der Waals surface area (Å²) in [5.41, 5.74) is 0.245. The van der Waals surface area contributed by atoms with E-state index in [0.29, 0.717) is 6.42 Å². The number of aliphatic hydroxyl groups excluding tert-OH is 1. The van der Waals surface area contributed by atoms with Crippen molar-refractivity contribution in [2.24, 2.45) is 0 Å². The topological polar surface area (TPSA) is 59.2 Å². The highest BCUT2D eigenvalue weighted by Gasteiger charge is 2.17. The third-order valence-electron chi connectivity index (χ3n) is 2.41. The molecule has 0 spiro atoms. The molecule has 5 heteroatoms. The van der Waals surface area contributed by atoms with Gasteiger partial charge in [-0.15, -0.1) is 0 Å². The van der Waals surface area contributed by atoms with Crippen LogP contribution in [0.25, 0.3) is 11.5 Å². The van der Waals surface area contributed by atoms with Gasteiger partial charge < -0.3 is 9.63 Å². The van der Waals surface area contributed by atoms with E-state index in [1.54, 1.807) is 18.2 Å². The Labute approximate surface area is 98.1 Å². The fraction of sp³-hybridized carbons (Fsp3) is 0.333. The van der Waals surface area contributed by atoms with Crippen LogP contribution in [-0.2, 0) is 0 Å². The zero-order valence-electron chi connectivity index (χ0n) is 9.43. The van der Waals surface area contributed by atoms with E-state index in [4.69, 9.17) is 4.52 Å². The number of halogens is 1. The van der Waals surface area contributed by atoms with Crippen molar-refractivity contribution in [2.75, 3.05) is 0 Å². The molecule has 0 aliphatic carbocycles. The van der Waals surface area contributed by atoms with Crippen molar-refractivity contribution >= 4 is 0 Å². The van der Waals surface area contributed by atoms with Gasteiger partial charge >= 0.3 is 0 Å². The summed E-state index contributed by atoms with van der Waals surface area (Å²) in [6.07, 6.45) is 0.602. The van der Waals surface area contributed by atoms with Gasteiger partial charge in [0.25, 0.3) is 5.89 Å². The first-order valence-electron chi connectivity index (χ1n) is 5.49. The molecule has 0 bridgehead atoms. The van der Waals surface area contributed by atoms with Crippen LogP contribution in [0.3, 0.4) is 0 Å². The molecule has 1 N–H and O–H groups in total. The molecule has 90 valence electrons. The first kappa shape index (κ1) is 11.7. The van der Waals surface area contributed by atoms with E-state index in [0.717, 1.165) is 6.42 Å². The predicted octanol–water partition coefficient (Wildman–Crippen LogP) is 2.71. The van der Waals surface area contributed by atoms with Crippen molar-refractivity contribution in [2.45, 2.75) is 25.9 Å². The molecule has 0 aliphatic rings. The summed E-state index contributed by atoms with van der Waals surface area (Å²) in [4.78, 5) is 3.99. The highest BCUT2D eigenvalue weighted by molar-refractivity contribution is 5.53. The summed E-state index contributed by atoms with van der Waals surface area (Å²) >= 11 is 0. The number of rotatable bonds is 4. The number of nitrogens with zero attached hydrogens (tertiary/aromatic N) is 2. The van der Waals surface area contributed by atoms with E-state index >= 15 is 0 Å². The fourth-order valence-corrected chi connectivity index (χ4v) is 1.52. The molecule has 0 saturated carbocycles. The van der Waals surface area contributed by atoms with Crippen LogP contribution in [-0.4, -0.2) is 15.2 Å². The normalized spacial score (nSPS) is 12.6. The van der Waals surface area contributed by atoms with Gasteiger partial charge in [-0.3, -0.25) is 0 Å². The Hall–Kier alpha value is -1.75. The summed E-state index contributed by atoms with van der Waals surface area (Å²) in [7, 11) is 0. The van der Waals surface area contributed by atoms with Crippen LogP contribution in [0.4, 0.5) is 4.39 Å². The second-order valence-electron chi connectivity index (χ2n) is 3.74. The third kappa shape index (κ3) is 2.50. The summed E-state index contributed by atoms with van der Waals surface area (Å²) in [6, 6.07) is 6.15. The smallest absolute Gasteiger partial charge is 0.260 e. The number of hydrogen-bond acceptors (Lipinski definition) is 4. The zero-order valence-corrected chi connectivity index (χ0v) is 9.43. The molecule has 1 unspecified atom stereocenters. The highest BCUT2D eigenvalue weighted by atomic mass is 19.1. The Kier molecular flexibility index (Phi) is 3.49.